The first-order chi connectivity index (χ1) is 5.02. The van der Waals surface area contributed by atoms with E-state index in [9.17, 15) is 0 Å². The van der Waals surface area contributed by atoms with Crippen molar-refractivity contribution in [1.29, 1.82) is 0 Å². The Hall–Kier alpha value is 0.973. The molecule has 4 heteroatoms. The van der Waals surface area contributed by atoms with Crippen LogP contribution in [-0.2, 0) is 16.7 Å². The molecule has 0 N–H and O–H groups in total. The molecule has 60 valence electrons. The Morgan fingerprint density at radius 1 is 1.09 bits per heavy atom. The second kappa shape index (κ2) is 3.79. The maximum absolute atomic E-state index is 5.90. The molecule has 0 nitrogen and oxygen atoms in total. The minimum atomic E-state index is -3.36. The number of aryl methyl sites for hydroxylation is 1. The Morgan fingerprint density at radius 2 is 1.64 bits per heavy atom. The fraction of sp³-hybridized carbons (Fsp3) is 0.143. The van der Waals surface area contributed by atoms with Gasteiger partial charge in [0.25, 0.3) is 0 Å². The average molecular weight is 289 g/mol. The summed E-state index contributed by atoms with van der Waals surface area (Å²) in [7, 11) is 17.7. The predicted octanol–water partition coefficient (Wildman–Crippen LogP) is 3.24. The third kappa shape index (κ3) is 2.74. The quantitative estimate of drug-likeness (QED) is 0.744. The van der Waals surface area contributed by atoms with Crippen molar-refractivity contribution in [3.8, 4) is 0 Å². The van der Waals surface area contributed by atoms with Crippen LogP contribution in [0.4, 0.5) is 0 Å². The summed E-state index contributed by atoms with van der Waals surface area (Å²) in [5, 5.41) is 0. The van der Waals surface area contributed by atoms with Crippen LogP contribution >= 0.6 is 25.5 Å². The first kappa shape index (κ1) is 10.1. The molecule has 0 fully saturated rings. The van der Waals surface area contributed by atoms with Crippen LogP contribution in [0, 0.1) is 6.92 Å². The van der Waals surface area contributed by atoms with E-state index in [1.165, 1.54) is 0 Å². The summed E-state index contributed by atoms with van der Waals surface area (Å²) in [6, 6.07) is 7.72. The van der Waals surface area contributed by atoms with Crippen molar-refractivity contribution in [2.75, 3.05) is 0 Å². The van der Waals surface area contributed by atoms with E-state index in [4.69, 9.17) is 25.5 Å². The fourth-order valence-corrected chi connectivity index (χ4v) is 6.66. The molecule has 0 aliphatic rings. The topological polar surface area (TPSA) is 0 Å². The van der Waals surface area contributed by atoms with Crippen LogP contribution in [0.3, 0.4) is 0 Å². The van der Waals surface area contributed by atoms with Gasteiger partial charge >= 0.3 is 82.2 Å². The first-order valence-electron chi connectivity index (χ1n) is 3.14. The molecule has 0 aromatic heterocycles. The van der Waals surface area contributed by atoms with Gasteiger partial charge in [0.15, 0.2) is 0 Å². The second-order valence-electron chi connectivity index (χ2n) is 2.31. The van der Waals surface area contributed by atoms with E-state index in [1.807, 2.05) is 31.2 Å². The Kier molecular flexibility index (Phi) is 3.46. The number of hydrogen-bond donors (Lipinski definition) is 0. The van der Waals surface area contributed by atoms with Crippen molar-refractivity contribution in [2.24, 2.45) is 0 Å². The van der Waals surface area contributed by atoms with Gasteiger partial charge in [0.2, 0.25) is 0 Å². The van der Waals surface area contributed by atoms with Crippen LogP contribution in [0.15, 0.2) is 24.3 Å². The van der Waals surface area contributed by atoms with Gasteiger partial charge in [0.05, 0.1) is 0 Å². The van der Waals surface area contributed by atoms with Gasteiger partial charge in [-0.25, -0.2) is 0 Å². The summed E-state index contributed by atoms with van der Waals surface area (Å²) < 4.78 is 0.951. The maximum atomic E-state index is 5.90. The first-order valence-corrected chi connectivity index (χ1v) is 13.9. The van der Waals surface area contributed by atoms with E-state index in [-0.39, 0.29) is 0 Å². The molecule has 11 heavy (non-hydrogen) atoms. The van der Waals surface area contributed by atoms with Crippen molar-refractivity contribution in [2.45, 2.75) is 6.92 Å². The van der Waals surface area contributed by atoms with Gasteiger partial charge in [-0.1, -0.05) is 0 Å². The number of hydrogen-bond acceptors (Lipinski definition) is 0. The Balaban J connectivity index is 3.14. The summed E-state index contributed by atoms with van der Waals surface area (Å²) in [6.45, 7) is 1.97. The molecule has 1 aromatic rings. The van der Waals surface area contributed by atoms with Crippen molar-refractivity contribution in [3.63, 3.8) is 0 Å². The third-order valence-corrected chi connectivity index (χ3v) is 7.94. The molecule has 0 unspecified atom stereocenters. The molecule has 0 heterocycles. The standard InChI is InChI=1S/C7H7.3ClH.Zr/c1-7-5-3-2-4-6-7;;;;/h2-5H,1H3;3*1H;/q;;;;+3/p-3. The van der Waals surface area contributed by atoms with E-state index >= 15 is 0 Å². The predicted molar refractivity (Wildman–Crippen MR) is 48.4 cm³/mol. The van der Waals surface area contributed by atoms with Crippen LogP contribution in [0.5, 0.6) is 0 Å². The van der Waals surface area contributed by atoms with Gasteiger partial charge in [-0.2, -0.15) is 0 Å². The van der Waals surface area contributed by atoms with Crippen LogP contribution in [0.25, 0.3) is 0 Å². The van der Waals surface area contributed by atoms with E-state index in [0.29, 0.717) is 0 Å². The number of benzene rings is 1. The molecule has 0 amide bonds. The molecular formula is C7H7Cl3Zr. The van der Waals surface area contributed by atoms with E-state index in [0.717, 1.165) is 8.83 Å². The van der Waals surface area contributed by atoms with Crippen LogP contribution in [-0.4, -0.2) is 0 Å². The molecule has 0 aliphatic heterocycles. The van der Waals surface area contributed by atoms with Gasteiger partial charge in [-0.3, -0.25) is 0 Å². The van der Waals surface area contributed by atoms with Crippen LogP contribution < -0.4 is 3.27 Å². The van der Waals surface area contributed by atoms with Crippen LogP contribution in [0.1, 0.15) is 5.56 Å². The molecule has 0 bridgehead atoms. The van der Waals surface area contributed by atoms with Crippen molar-refractivity contribution < 1.29 is 16.7 Å². The molecule has 0 saturated carbocycles. The van der Waals surface area contributed by atoms with E-state index in [1.54, 1.807) is 0 Å². The third-order valence-electron chi connectivity index (χ3n) is 1.45. The molecule has 1 rings (SSSR count). The van der Waals surface area contributed by atoms with Crippen LogP contribution in [0.2, 0.25) is 0 Å². The molecule has 0 saturated heterocycles. The van der Waals surface area contributed by atoms with Crippen molar-refractivity contribution in [1.82, 2.24) is 0 Å². The molecule has 1 aromatic carbocycles. The van der Waals surface area contributed by atoms with Crippen molar-refractivity contribution >= 4 is 28.8 Å². The average Bonchev–Trinajstić information content (AvgIpc) is 1.86. The van der Waals surface area contributed by atoms with Gasteiger partial charge in [-0.05, 0) is 0 Å². The SMILES string of the molecule is Cc1cccc[c]1[Zr]([Cl])([Cl])[Cl]. The Morgan fingerprint density at radius 3 is 2.00 bits per heavy atom. The molecule has 0 aliphatic carbocycles. The fourth-order valence-electron chi connectivity index (χ4n) is 0.891. The second-order valence-corrected chi connectivity index (χ2v) is 19.6. The summed E-state index contributed by atoms with van der Waals surface area (Å²) in [4.78, 5) is 0. The van der Waals surface area contributed by atoms with E-state index in [2.05, 4.69) is 0 Å². The minimum absolute atomic E-state index is 0.951. The zero-order valence-corrected chi connectivity index (χ0v) is 10.7. The Labute approximate surface area is 81.5 Å². The summed E-state index contributed by atoms with van der Waals surface area (Å²) >= 11 is -3.36. The normalized spacial score (nSPS) is 11.6. The molecular weight excluding hydrogens is 282 g/mol. The van der Waals surface area contributed by atoms with E-state index < -0.39 is 16.7 Å². The van der Waals surface area contributed by atoms with Gasteiger partial charge < -0.3 is 0 Å². The summed E-state index contributed by atoms with van der Waals surface area (Å²) in [5.74, 6) is 0. The Bertz CT molecular complexity index is 254. The zero-order chi connectivity index (χ0) is 8.48. The molecule has 0 atom stereocenters. The van der Waals surface area contributed by atoms with Gasteiger partial charge in [-0.15, -0.1) is 0 Å². The summed E-state index contributed by atoms with van der Waals surface area (Å²) in [6.07, 6.45) is 0. The molecule has 0 spiro atoms. The number of halogens is 3. The van der Waals surface area contributed by atoms with Gasteiger partial charge in [0, 0.05) is 0 Å². The zero-order valence-electron chi connectivity index (χ0n) is 5.94. The molecule has 0 radical (unpaired) electrons. The van der Waals surface area contributed by atoms with Crippen molar-refractivity contribution in [3.05, 3.63) is 29.8 Å². The van der Waals surface area contributed by atoms with Gasteiger partial charge in [0.1, 0.15) is 0 Å². The number of rotatable bonds is 1. The summed E-state index contributed by atoms with van der Waals surface area (Å²) in [5.41, 5.74) is 1.09. The monoisotopic (exact) mass is 286 g/mol.